The molecular formula is C13H26N2. The Kier molecular flexibility index (Phi) is 11.2. The largest absolute Gasteiger partial charge is 0.315 e. The average molecular weight is 210 g/mol. The first-order chi connectivity index (χ1) is 7.35. The summed E-state index contributed by atoms with van der Waals surface area (Å²) < 4.78 is 0. The van der Waals surface area contributed by atoms with Gasteiger partial charge >= 0.3 is 0 Å². The van der Waals surface area contributed by atoms with Gasteiger partial charge in [-0.15, -0.1) is 6.42 Å². The number of terminal acetylenes is 1. The third kappa shape index (κ3) is 9.78. The Morgan fingerprint density at radius 2 is 1.93 bits per heavy atom. The molecule has 1 unspecified atom stereocenters. The summed E-state index contributed by atoms with van der Waals surface area (Å²) in [5.74, 6) is 3.41. The van der Waals surface area contributed by atoms with Crippen molar-refractivity contribution in [2.45, 2.75) is 39.5 Å². The molecule has 1 atom stereocenters. The summed E-state index contributed by atoms with van der Waals surface area (Å²) >= 11 is 0. The van der Waals surface area contributed by atoms with E-state index in [0.29, 0.717) is 6.54 Å². The Balaban J connectivity index is 3.27. The molecule has 0 aliphatic rings. The molecule has 0 amide bonds. The van der Waals surface area contributed by atoms with Crippen molar-refractivity contribution < 1.29 is 0 Å². The van der Waals surface area contributed by atoms with Gasteiger partial charge in [-0.1, -0.05) is 39.0 Å². The lowest BCUT2D eigenvalue weighted by Crippen LogP contribution is -2.30. The summed E-state index contributed by atoms with van der Waals surface area (Å²) in [6, 6.07) is 0. The average Bonchev–Trinajstić information content (AvgIpc) is 2.27. The molecule has 0 bridgehead atoms. The van der Waals surface area contributed by atoms with Crippen LogP contribution in [0.5, 0.6) is 0 Å². The molecule has 2 heteroatoms. The van der Waals surface area contributed by atoms with Crippen LogP contribution in [0, 0.1) is 18.3 Å². The van der Waals surface area contributed by atoms with Crippen molar-refractivity contribution in [3.8, 4) is 12.3 Å². The summed E-state index contributed by atoms with van der Waals surface area (Å²) in [5.41, 5.74) is 0. The Labute approximate surface area is 95.2 Å². The highest BCUT2D eigenvalue weighted by atomic mass is 14.9. The highest BCUT2D eigenvalue weighted by Crippen LogP contribution is 2.10. The lowest BCUT2D eigenvalue weighted by molar-refractivity contribution is 0.419. The predicted octanol–water partition coefficient (Wildman–Crippen LogP) is 2.02. The lowest BCUT2D eigenvalue weighted by Gasteiger charge is -2.15. The van der Waals surface area contributed by atoms with Crippen molar-refractivity contribution in [1.29, 1.82) is 0 Å². The van der Waals surface area contributed by atoms with E-state index in [1.54, 1.807) is 0 Å². The van der Waals surface area contributed by atoms with Crippen LogP contribution in [-0.2, 0) is 0 Å². The fourth-order valence-electron chi connectivity index (χ4n) is 1.59. The van der Waals surface area contributed by atoms with Crippen LogP contribution in [-0.4, -0.2) is 26.2 Å². The van der Waals surface area contributed by atoms with E-state index in [-0.39, 0.29) is 0 Å². The minimum absolute atomic E-state index is 0.675. The summed E-state index contributed by atoms with van der Waals surface area (Å²) in [6.45, 7) is 8.34. The van der Waals surface area contributed by atoms with Gasteiger partial charge in [0.2, 0.25) is 0 Å². The maximum absolute atomic E-state index is 5.13. The van der Waals surface area contributed by atoms with Gasteiger partial charge in [-0.3, -0.25) is 0 Å². The zero-order valence-corrected chi connectivity index (χ0v) is 10.3. The molecule has 0 aromatic carbocycles. The topological polar surface area (TPSA) is 24.1 Å². The van der Waals surface area contributed by atoms with Crippen LogP contribution in [0.1, 0.15) is 39.5 Å². The smallest absolute Gasteiger partial charge is 0.0574 e. The van der Waals surface area contributed by atoms with Crippen LogP contribution < -0.4 is 10.6 Å². The van der Waals surface area contributed by atoms with Gasteiger partial charge in [0.15, 0.2) is 0 Å². The zero-order chi connectivity index (χ0) is 11.4. The lowest BCUT2D eigenvalue weighted by atomic mass is 9.99. The Morgan fingerprint density at radius 3 is 2.53 bits per heavy atom. The van der Waals surface area contributed by atoms with Crippen molar-refractivity contribution >= 4 is 0 Å². The molecule has 0 aliphatic carbocycles. The van der Waals surface area contributed by atoms with Gasteiger partial charge in [0.25, 0.3) is 0 Å². The van der Waals surface area contributed by atoms with Crippen LogP contribution in [0.4, 0.5) is 0 Å². The van der Waals surface area contributed by atoms with Crippen LogP contribution >= 0.6 is 0 Å². The van der Waals surface area contributed by atoms with E-state index < -0.39 is 0 Å². The van der Waals surface area contributed by atoms with Crippen LogP contribution in [0.15, 0.2) is 0 Å². The van der Waals surface area contributed by atoms with Gasteiger partial charge in [0.1, 0.15) is 0 Å². The molecular weight excluding hydrogens is 184 g/mol. The second-order valence-corrected chi connectivity index (χ2v) is 4.00. The normalized spacial score (nSPS) is 12.3. The fraction of sp³-hybridized carbons (Fsp3) is 0.846. The molecule has 0 heterocycles. The number of unbranched alkanes of at least 4 members (excludes halogenated alkanes) is 1. The zero-order valence-electron chi connectivity index (χ0n) is 10.3. The number of hydrogen-bond acceptors (Lipinski definition) is 2. The first-order valence-electron chi connectivity index (χ1n) is 6.20. The molecule has 0 fully saturated rings. The van der Waals surface area contributed by atoms with Crippen molar-refractivity contribution in [3.63, 3.8) is 0 Å². The van der Waals surface area contributed by atoms with Crippen molar-refractivity contribution in [3.05, 3.63) is 0 Å². The molecule has 2 N–H and O–H groups in total. The van der Waals surface area contributed by atoms with Gasteiger partial charge in [0, 0.05) is 13.1 Å². The maximum atomic E-state index is 5.13. The number of hydrogen-bond donors (Lipinski definition) is 2. The molecule has 88 valence electrons. The SMILES string of the molecule is C#CCNCCNCC(CC)CCCC. The van der Waals surface area contributed by atoms with Crippen LogP contribution in [0.3, 0.4) is 0 Å². The minimum Gasteiger partial charge on any atom is -0.315 e. The first-order valence-corrected chi connectivity index (χ1v) is 6.20. The van der Waals surface area contributed by atoms with E-state index in [2.05, 4.69) is 30.4 Å². The highest BCUT2D eigenvalue weighted by Gasteiger charge is 2.04. The molecule has 15 heavy (non-hydrogen) atoms. The molecule has 0 saturated heterocycles. The first kappa shape index (κ1) is 14.5. The van der Waals surface area contributed by atoms with Gasteiger partial charge in [-0.2, -0.15) is 0 Å². The fourth-order valence-corrected chi connectivity index (χ4v) is 1.59. The predicted molar refractivity (Wildman–Crippen MR) is 67.9 cm³/mol. The summed E-state index contributed by atoms with van der Waals surface area (Å²) in [5, 5.41) is 6.64. The van der Waals surface area contributed by atoms with E-state index in [1.165, 1.54) is 25.7 Å². The van der Waals surface area contributed by atoms with Gasteiger partial charge in [-0.05, 0) is 18.9 Å². The van der Waals surface area contributed by atoms with Gasteiger partial charge in [-0.25, -0.2) is 0 Å². The summed E-state index contributed by atoms with van der Waals surface area (Å²) in [6.07, 6.45) is 10.4. The monoisotopic (exact) mass is 210 g/mol. The Morgan fingerprint density at radius 1 is 1.20 bits per heavy atom. The molecule has 0 spiro atoms. The molecule has 0 aliphatic heterocycles. The second-order valence-electron chi connectivity index (χ2n) is 4.00. The maximum Gasteiger partial charge on any atom is 0.0574 e. The van der Waals surface area contributed by atoms with E-state index in [0.717, 1.165) is 25.6 Å². The third-order valence-corrected chi connectivity index (χ3v) is 2.68. The minimum atomic E-state index is 0.675. The molecule has 0 rings (SSSR count). The van der Waals surface area contributed by atoms with Gasteiger partial charge in [0.05, 0.1) is 6.54 Å². The Hall–Kier alpha value is -0.520. The molecule has 2 nitrogen and oxygen atoms in total. The van der Waals surface area contributed by atoms with E-state index in [1.807, 2.05) is 0 Å². The van der Waals surface area contributed by atoms with E-state index >= 15 is 0 Å². The van der Waals surface area contributed by atoms with Crippen molar-refractivity contribution in [2.75, 3.05) is 26.2 Å². The molecule has 0 saturated carbocycles. The second kappa shape index (κ2) is 11.6. The van der Waals surface area contributed by atoms with Crippen molar-refractivity contribution in [2.24, 2.45) is 5.92 Å². The van der Waals surface area contributed by atoms with E-state index in [9.17, 15) is 0 Å². The standard InChI is InChI=1S/C13H26N2/c1-4-7-8-13(6-3)12-15-11-10-14-9-5-2/h2,13-15H,4,6-12H2,1,3H3. The van der Waals surface area contributed by atoms with Crippen LogP contribution in [0.2, 0.25) is 0 Å². The molecule has 0 aromatic rings. The van der Waals surface area contributed by atoms with E-state index in [4.69, 9.17) is 6.42 Å². The number of nitrogens with one attached hydrogen (secondary N) is 2. The van der Waals surface area contributed by atoms with Crippen LogP contribution in [0.25, 0.3) is 0 Å². The summed E-state index contributed by atoms with van der Waals surface area (Å²) in [7, 11) is 0. The molecule has 0 aromatic heterocycles. The third-order valence-electron chi connectivity index (χ3n) is 2.68. The highest BCUT2D eigenvalue weighted by molar-refractivity contribution is 4.86. The van der Waals surface area contributed by atoms with Crippen molar-refractivity contribution in [1.82, 2.24) is 10.6 Å². The summed E-state index contributed by atoms with van der Waals surface area (Å²) in [4.78, 5) is 0. The Bertz CT molecular complexity index is 160. The quantitative estimate of drug-likeness (QED) is 0.426. The van der Waals surface area contributed by atoms with Gasteiger partial charge < -0.3 is 10.6 Å². The molecule has 0 radical (unpaired) electrons. The number of rotatable bonds is 10.